The molecule has 2 unspecified atom stereocenters. The summed E-state index contributed by atoms with van der Waals surface area (Å²) in [5, 5.41) is 0. The maximum absolute atomic E-state index is 6.16. The van der Waals surface area contributed by atoms with Gasteiger partial charge in [-0.25, -0.2) is 0 Å². The molecule has 0 aromatic carbocycles. The predicted molar refractivity (Wildman–Crippen MR) is 47.2 cm³/mol. The van der Waals surface area contributed by atoms with E-state index in [4.69, 9.17) is 5.73 Å². The molecule has 2 rings (SSSR count). The largest absolute Gasteiger partial charge is 0.327 e. The van der Waals surface area contributed by atoms with Crippen molar-refractivity contribution in [1.29, 1.82) is 0 Å². The lowest BCUT2D eigenvalue weighted by Gasteiger charge is -2.35. The smallest absolute Gasteiger partial charge is 0.00956 e. The van der Waals surface area contributed by atoms with Gasteiger partial charge in [-0.2, -0.15) is 0 Å². The lowest BCUT2D eigenvalue weighted by Crippen LogP contribution is -2.40. The number of hydrogen-bond acceptors (Lipinski definition) is 1. The number of hydrogen-bond donors (Lipinski definition) is 1. The summed E-state index contributed by atoms with van der Waals surface area (Å²) in [6.07, 6.45) is 7.12. The van der Waals surface area contributed by atoms with E-state index in [9.17, 15) is 0 Å². The van der Waals surface area contributed by atoms with E-state index in [-0.39, 0.29) is 0 Å². The molecule has 0 bridgehead atoms. The minimum atomic E-state index is 0.524. The summed E-state index contributed by atoms with van der Waals surface area (Å²) in [4.78, 5) is 0. The zero-order valence-corrected chi connectivity index (χ0v) is 7.42. The Labute approximate surface area is 69.4 Å². The van der Waals surface area contributed by atoms with Crippen LogP contribution in [0.4, 0.5) is 0 Å². The third kappa shape index (κ3) is 1.44. The lowest BCUT2D eigenvalue weighted by molar-refractivity contribution is 0.203. The second-order valence-electron chi connectivity index (χ2n) is 4.46. The fourth-order valence-corrected chi connectivity index (χ4v) is 2.19. The molecule has 64 valence electrons. The molecule has 0 heterocycles. The van der Waals surface area contributed by atoms with Crippen LogP contribution in [0.25, 0.3) is 0 Å². The van der Waals surface area contributed by atoms with Crippen molar-refractivity contribution in [2.75, 3.05) is 0 Å². The van der Waals surface area contributed by atoms with Gasteiger partial charge in [-0.1, -0.05) is 13.3 Å². The van der Waals surface area contributed by atoms with Gasteiger partial charge in [-0.3, -0.25) is 0 Å². The Balaban J connectivity index is 1.81. The van der Waals surface area contributed by atoms with Crippen LogP contribution in [0.15, 0.2) is 0 Å². The molecule has 1 nitrogen and oxygen atoms in total. The highest BCUT2D eigenvalue weighted by atomic mass is 14.7. The van der Waals surface area contributed by atoms with Crippen LogP contribution in [0.3, 0.4) is 0 Å². The van der Waals surface area contributed by atoms with Crippen molar-refractivity contribution in [2.45, 2.75) is 45.1 Å². The fourth-order valence-electron chi connectivity index (χ4n) is 2.19. The van der Waals surface area contributed by atoms with Crippen molar-refractivity contribution in [3.8, 4) is 0 Å². The van der Waals surface area contributed by atoms with E-state index in [1.165, 1.54) is 32.1 Å². The van der Waals surface area contributed by atoms with Crippen molar-refractivity contribution in [1.82, 2.24) is 0 Å². The van der Waals surface area contributed by atoms with Gasteiger partial charge in [-0.15, -0.1) is 0 Å². The lowest BCUT2D eigenvalue weighted by atomic mass is 9.75. The second kappa shape index (κ2) is 2.78. The Kier molecular flexibility index (Phi) is 1.92. The van der Waals surface area contributed by atoms with Gasteiger partial charge in [0.1, 0.15) is 0 Å². The molecular weight excluding hydrogens is 134 g/mol. The topological polar surface area (TPSA) is 26.0 Å². The van der Waals surface area contributed by atoms with Crippen LogP contribution >= 0.6 is 0 Å². The van der Waals surface area contributed by atoms with Crippen LogP contribution in [0, 0.1) is 17.8 Å². The predicted octanol–water partition coefficient (Wildman–Crippen LogP) is 2.16. The number of rotatable bonds is 3. The Hall–Kier alpha value is -0.0400. The van der Waals surface area contributed by atoms with Crippen LogP contribution in [0.2, 0.25) is 0 Å². The maximum Gasteiger partial charge on any atom is 0.00956 e. The summed E-state index contributed by atoms with van der Waals surface area (Å²) in [7, 11) is 0. The van der Waals surface area contributed by atoms with Gasteiger partial charge >= 0.3 is 0 Å². The van der Waals surface area contributed by atoms with Crippen molar-refractivity contribution in [2.24, 2.45) is 23.5 Å². The van der Waals surface area contributed by atoms with Gasteiger partial charge in [0.2, 0.25) is 0 Å². The van der Waals surface area contributed by atoms with Crippen LogP contribution in [0.5, 0.6) is 0 Å². The quantitative estimate of drug-likeness (QED) is 0.660. The van der Waals surface area contributed by atoms with Gasteiger partial charge in [0.25, 0.3) is 0 Å². The minimum absolute atomic E-state index is 0.524. The zero-order chi connectivity index (χ0) is 7.84. The molecule has 2 N–H and O–H groups in total. The summed E-state index contributed by atoms with van der Waals surface area (Å²) in [6, 6.07) is 0.524. The minimum Gasteiger partial charge on any atom is -0.327 e. The molecule has 0 aliphatic heterocycles. The van der Waals surface area contributed by atoms with Gasteiger partial charge in [0.05, 0.1) is 0 Å². The summed E-state index contributed by atoms with van der Waals surface area (Å²) >= 11 is 0. The Morgan fingerprint density at radius 3 is 2.09 bits per heavy atom. The van der Waals surface area contributed by atoms with Crippen LogP contribution in [-0.2, 0) is 0 Å². The molecule has 2 fully saturated rings. The highest BCUT2D eigenvalue weighted by molar-refractivity contribution is 4.90. The van der Waals surface area contributed by atoms with Gasteiger partial charge < -0.3 is 5.73 Å². The molecule has 1 heteroatoms. The third-order valence-corrected chi connectivity index (χ3v) is 3.67. The molecular formula is C10H19N. The van der Waals surface area contributed by atoms with E-state index in [1.54, 1.807) is 0 Å². The SMILES string of the molecule is CC(C1CC1)C(N)C1CCC1. The fraction of sp³-hybridized carbons (Fsp3) is 1.00. The van der Waals surface area contributed by atoms with E-state index < -0.39 is 0 Å². The molecule has 2 saturated carbocycles. The van der Waals surface area contributed by atoms with E-state index >= 15 is 0 Å². The molecule has 2 aliphatic carbocycles. The maximum atomic E-state index is 6.16. The standard InChI is InChI=1S/C10H19N/c1-7(8-5-6-8)10(11)9-3-2-4-9/h7-10H,2-6,11H2,1H3. The van der Waals surface area contributed by atoms with Gasteiger partial charge in [0.15, 0.2) is 0 Å². The van der Waals surface area contributed by atoms with Gasteiger partial charge in [-0.05, 0) is 43.4 Å². The Morgan fingerprint density at radius 1 is 1.09 bits per heavy atom. The highest BCUT2D eigenvalue weighted by Crippen LogP contribution is 2.42. The van der Waals surface area contributed by atoms with Crippen molar-refractivity contribution in [3.63, 3.8) is 0 Å². The van der Waals surface area contributed by atoms with Crippen molar-refractivity contribution < 1.29 is 0 Å². The first-order valence-electron chi connectivity index (χ1n) is 5.04. The van der Waals surface area contributed by atoms with E-state index in [0.717, 1.165) is 17.8 Å². The van der Waals surface area contributed by atoms with E-state index in [0.29, 0.717) is 6.04 Å². The first kappa shape index (κ1) is 7.60. The molecule has 2 aliphatic rings. The van der Waals surface area contributed by atoms with Crippen LogP contribution < -0.4 is 5.73 Å². The molecule has 2 atom stereocenters. The van der Waals surface area contributed by atoms with E-state index in [2.05, 4.69) is 6.92 Å². The average Bonchev–Trinajstić information content (AvgIpc) is 2.62. The molecule has 0 saturated heterocycles. The first-order chi connectivity index (χ1) is 5.29. The number of nitrogens with two attached hydrogens (primary N) is 1. The summed E-state index contributed by atoms with van der Waals surface area (Å²) in [6.45, 7) is 2.35. The molecule has 0 aromatic heterocycles. The zero-order valence-electron chi connectivity index (χ0n) is 7.42. The summed E-state index contributed by atoms with van der Waals surface area (Å²) in [5.41, 5.74) is 6.16. The summed E-state index contributed by atoms with van der Waals surface area (Å²) < 4.78 is 0. The van der Waals surface area contributed by atoms with Crippen LogP contribution in [0.1, 0.15) is 39.0 Å². The molecule has 0 spiro atoms. The normalized spacial score (nSPS) is 31.1. The monoisotopic (exact) mass is 153 g/mol. The molecule has 0 radical (unpaired) electrons. The molecule has 0 aromatic rings. The molecule has 11 heavy (non-hydrogen) atoms. The van der Waals surface area contributed by atoms with E-state index in [1.807, 2.05) is 0 Å². The summed E-state index contributed by atoms with van der Waals surface area (Å²) in [5.74, 6) is 2.68. The molecule has 0 amide bonds. The average molecular weight is 153 g/mol. The second-order valence-corrected chi connectivity index (χ2v) is 4.46. The van der Waals surface area contributed by atoms with Gasteiger partial charge in [0, 0.05) is 6.04 Å². The third-order valence-electron chi connectivity index (χ3n) is 3.67. The Morgan fingerprint density at radius 2 is 1.73 bits per heavy atom. The highest BCUT2D eigenvalue weighted by Gasteiger charge is 2.36. The Bertz CT molecular complexity index is 136. The van der Waals surface area contributed by atoms with Crippen molar-refractivity contribution in [3.05, 3.63) is 0 Å². The first-order valence-corrected chi connectivity index (χ1v) is 5.04. The van der Waals surface area contributed by atoms with Crippen molar-refractivity contribution >= 4 is 0 Å². The van der Waals surface area contributed by atoms with Crippen LogP contribution in [-0.4, -0.2) is 6.04 Å².